The predicted molar refractivity (Wildman–Crippen MR) is 125 cm³/mol. The first-order valence-corrected chi connectivity index (χ1v) is 11.0. The maximum Gasteiger partial charge on any atom is 0.259 e. The van der Waals surface area contributed by atoms with Crippen molar-refractivity contribution in [1.29, 1.82) is 0 Å². The Kier molecular flexibility index (Phi) is 6.01. The molecule has 0 saturated carbocycles. The van der Waals surface area contributed by atoms with E-state index in [1.807, 2.05) is 41.8 Å². The van der Waals surface area contributed by atoms with Gasteiger partial charge in [-0.25, -0.2) is 9.97 Å². The van der Waals surface area contributed by atoms with Crippen LogP contribution in [0.4, 0.5) is 5.13 Å². The number of nitrogens with one attached hydrogen (secondary N) is 3. The number of benzene rings is 2. The molecule has 160 valence electrons. The molecule has 0 radical (unpaired) electrons. The van der Waals surface area contributed by atoms with Crippen molar-refractivity contribution in [3.05, 3.63) is 59.6 Å². The van der Waals surface area contributed by atoms with Gasteiger partial charge in [-0.05, 0) is 45.0 Å². The number of hydrogen-bond acceptors (Lipinski definition) is 6. The van der Waals surface area contributed by atoms with Gasteiger partial charge in [-0.3, -0.25) is 10.1 Å². The van der Waals surface area contributed by atoms with E-state index in [0.29, 0.717) is 28.6 Å². The van der Waals surface area contributed by atoms with Crippen LogP contribution < -0.4 is 15.4 Å². The number of carbonyl (C=O) groups excluding carboxylic acids is 1. The SMILES string of the molecule is CC(C)(C)NCCOc1ccccc1-c1nc2c(C(=O)Nc3nccs3)cccc2[nH]1. The van der Waals surface area contributed by atoms with Gasteiger partial charge in [0.05, 0.1) is 16.6 Å². The molecule has 0 fully saturated rings. The summed E-state index contributed by atoms with van der Waals surface area (Å²) in [5.41, 5.74) is 2.77. The van der Waals surface area contributed by atoms with E-state index >= 15 is 0 Å². The van der Waals surface area contributed by atoms with Gasteiger partial charge in [-0.1, -0.05) is 18.2 Å². The summed E-state index contributed by atoms with van der Waals surface area (Å²) in [6.45, 7) is 7.64. The molecule has 0 aliphatic carbocycles. The molecule has 0 unspecified atom stereocenters. The molecule has 0 atom stereocenters. The number of amides is 1. The summed E-state index contributed by atoms with van der Waals surface area (Å²) in [5.74, 6) is 1.16. The lowest BCUT2D eigenvalue weighted by molar-refractivity contribution is 0.102. The van der Waals surface area contributed by atoms with Crippen LogP contribution in [0, 0.1) is 0 Å². The van der Waals surface area contributed by atoms with Crippen molar-refractivity contribution in [1.82, 2.24) is 20.3 Å². The van der Waals surface area contributed by atoms with Gasteiger partial charge >= 0.3 is 0 Å². The molecule has 7 nitrogen and oxygen atoms in total. The number of hydrogen-bond donors (Lipinski definition) is 3. The second kappa shape index (κ2) is 8.87. The third kappa shape index (κ3) is 5.10. The Morgan fingerprint density at radius 1 is 1.16 bits per heavy atom. The van der Waals surface area contributed by atoms with E-state index < -0.39 is 0 Å². The van der Waals surface area contributed by atoms with Crippen molar-refractivity contribution >= 4 is 33.4 Å². The minimum absolute atomic E-state index is 0.0389. The number of thiazole rings is 1. The van der Waals surface area contributed by atoms with Crippen LogP contribution in [-0.2, 0) is 0 Å². The van der Waals surface area contributed by atoms with Crippen LogP contribution in [0.2, 0.25) is 0 Å². The van der Waals surface area contributed by atoms with Crippen molar-refractivity contribution in [2.45, 2.75) is 26.3 Å². The first kappa shape index (κ1) is 21.0. The molecule has 0 aliphatic heterocycles. The van der Waals surface area contributed by atoms with E-state index in [2.05, 4.69) is 41.4 Å². The summed E-state index contributed by atoms with van der Waals surface area (Å²) >= 11 is 1.37. The topological polar surface area (TPSA) is 91.9 Å². The molecule has 3 N–H and O–H groups in total. The van der Waals surface area contributed by atoms with Crippen LogP contribution in [0.3, 0.4) is 0 Å². The summed E-state index contributed by atoms with van der Waals surface area (Å²) in [6, 6.07) is 13.3. The van der Waals surface area contributed by atoms with E-state index in [9.17, 15) is 4.79 Å². The minimum atomic E-state index is -0.239. The number of ether oxygens (including phenoxy) is 1. The van der Waals surface area contributed by atoms with Crippen LogP contribution in [-0.4, -0.2) is 39.5 Å². The van der Waals surface area contributed by atoms with Crippen molar-refractivity contribution in [2.75, 3.05) is 18.5 Å². The Balaban J connectivity index is 1.59. The maximum absolute atomic E-state index is 12.8. The standard InChI is InChI=1S/C23H25N5O2S/c1-23(2,3)25-11-13-30-18-10-5-4-7-15(18)20-26-17-9-6-8-16(19(17)27-20)21(29)28-22-24-12-14-31-22/h4-10,12,14,25H,11,13H2,1-3H3,(H,26,27)(H,24,28,29). The number of rotatable bonds is 7. The van der Waals surface area contributed by atoms with Gasteiger partial charge in [0.2, 0.25) is 0 Å². The number of para-hydroxylation sites is 2. The van der Waals surface area contributed by atoms with Crippen LogP contribution in [0.25, 0.3) is 22.4 Å². The van der Waals surface area contributed by atoms with Crippen LogP contribution in [0.1, 0.15) is 31.1 Å². The van der Waals surface area contributed by atoms with Gasteiger partial charge in [-0.2, -0.15) is 0 Å². The number of carbonyl (C=O) groups is 1. The quantitative estimate of drug-likeness (QED) is 0.366. The highest BCUT2D eigenvalue weighted by atomic mass is 32.1. The number of aromatic amines is 1. The Morgan fingerprint density at radius 3 is 2.77 bits per heavy atom. The highest BCUT2D eigenvalue weighted by molar-refractivity contribution is 7.13. The number of fused-ring (bicyclic) bond motifs is 1. The van der Waals surface area contributed by atoms with Crippen molar-refractivity contribution < 1.29 is 9.53 Å². The van der Waals surface area contributed by atoms with Crippen molar-refractivity contribution in [2.24, 2.45) is 0 Å². The zero-order valence-corrected chi connectivity index (χ0v) is 18.5. The first-order chi connectivity index (χ1) is 14.9. The predicted octanol–water partition coefficient (Wildman–Crippen LogP) is 4.71. The molecule has 0 spiro atoms. The second-order valence-corrected chi connectivity index (χ2v) is 8.99. The van der Waals surface area contributed by atoms with E-state index in [-0.39, 0.29) is 11.4 Å². The first-order valence-electron chi connectivity index (χ1n) is 10.1. The fourth-order valence-electron chi connectivity index (χ4n) is 3.17. The normalized spacial score (nSPS) is 11.6. The van der Waals surface area contributed by atoms with Gasteiger partial charge in [0.25, 0.3) is 5.91 Å². The monoisotopic (exact) mass is 435 g/mol. The molecule has 2 aromatic carbocycles. The smallest absolute Gasteiger partial charge is 0.259 e. The lowest BCUT2D eigenvalue weighted by Crippen LogP contribution is -2.38. The van der Waals surface area contributed by atoms with Gasteiger partial charge in [-0.15, -0.1) is 11.3 Å². The van der Waals surface area contributed by atoms with Crippen molar-refractivity contribution in [3.63, 3.8) is 0 Å². The zero-order chi connectivity index (χ0) is 21.8. The van der Waals surface area contributed by atoms with E-state index in [1.54, 1.807) is 12.3 Å². The molecule has 4 rings (SSSR count). The molecular weight excluding hydrogens is 410 g/mol. The molecule has 31 heavy (non-hydrogen) atoms. The van der Waals surface area contributed by atoms with Gasteiger partial charge < -0.3 is 15.0 Å². The fraction of sp³-hybridized carbons (Fsp3) is 0.261. The third-order valence-corrected chi connectivity index (χ3v) is 5.26. The van der Waals surface area contributed by atoms with Gasteiger partial charge in [0, 0.05) is 23.7 Å². The largest absolute Gasteiger partial charge is 0.491 e. The molecule has 8 heteroatoms. The summed E-state index contributed by atoms with van der Waals surface area (Å²) in [7, 11) is 0. The molecule has 2 aromatic heterocycles. The van der Waals surface area contributed by atoms with Gasteiger partial charge in [0.15, 0.2) is 5.13 Å². The molecule has 2 heterocycles. The number of nitrogens with zero attached hydrogens (tertiary/aromatic N) is 2. The zero-order valence-electron chi connectivity index (χ0n) is 17.7. The molecule has 1 amide bonds. The second-order valence-electron chi connectivity index (χ2n) is 8.10. The highest BCUT2D eigenvalue weighted by Crippen LogP contribution is 2.30. The summed E-state index contributed by atoms with van der Waals surface area (Å²) < 4.78 is 6.02. The Morgan fingerprint density at radius 2 is 2.00 bits per heavy atom. The average Bonchev–Trinajstić information content (AvgIpc) is 3.40. The number of aromatic nitrogens is 3. The Bertz CT molecular complexity index is 1180. The average molecular weight is 436 g/mol. The van der Waals surface area contributed by atoms with E-state index in [0.717, 1.165) is 23.4 Å². The Labute approximate surface area is 184 Å². The molecular formula is C23H25N5O2S. The molecule has 0 aliphatic rings. The number of anilines is 1. The highest BCUT2D eigenvalue weighted by Gasteiger charge is 2.17. The van der Waals surface area contributed by atoms with Crippen LogP contribution >= 0.6 is 11.3 Å². The summed E-state index contributed by atoms with van der Waals surface area (Å²) in [4.78, 5) is 24.9. The summed E-state index contributed by atoms with van der Waals surface area (Å²) in [5, 5.41) is 8.61. The van der Waals surface area contributed by atoms with Gasteiger partial charge in [0.1, 0.15) is 23.7 Å². The van der Waals surface area contributed by atoms with Crippen LogP contribution in [0.5, 0.6) is 5.75 Å². The van der Waals surface area contributed by atoms with Crippen molar-refractivity contribution in [3.8, 4) is 17.1 Å². The van der Waals surface area contributed by atoms with Crippen LogP contribution in [0.15, 0.2) is 54.0 Å². The number of imidazole rings is 1. The Hall–Kier alpha value is -3.23. The van der Waals surface area contributed by atoms with E-state index in [4.69, 9.17) is 9.72 Å². The maximum atomic E-state index is 12.8. The molecule has 0 bridgehead atoms. The fourth-order valence-corrected chi connectivity index (χ4v) is 3.69. The lowest BCUT2D eigenvalue weighted by Gasteiger charge is -2.20. The number of H-pyrrole nitrogens is 1. The van der Waals surface area contributed by atoms with E-state index in [1.165, 1.54) is 11.3 Å². The molecule has 4 aromatic rings. The minimum Gasteiger partial charge on any atom is -0.491 e. The molecule has 0 saturated heterocycles. The lowest BCUT2D eigenvalue weighted by atomic mass is 10.1. The third-order valence-electron chi connectivity index (χ3n) is 4.57. The summed E-state index contributed by atoms with van der Waals surface area (Å²) in [6.07, 6.45) is 1.65.